The molecule has 1 aromatic heterocycles. The lowest BCUT2D eigenvalue weighted by Gasteiger charge is -2.17. The van der Waals surface area contributed by atoms with Gasteiger partial charge in [0, 0.05) is 18.5 Å². The van der Waals surface area contributed by atoms with Crippen LogP contribution in [0.1, 0.15) is 12.8 Å². The molecule has 0 saturated heterocycles. The quantitative estimate of drug-likeness (QED) is 0.725. The Morgan fingerprint density at radius 1 is 1.33 bits per heavy atom. The number of nitrogens with two attached hydrogens (primary N) is 1. The second-order valence-electron chi connectivity index (χ2n) is 6.06. The Morgan fingerprint density at radius 2 is 2.04 bits per heavy atom. The fourth-order valence-corrected chi connectivity index (χ4v) is 2.92. The first-order valence-corrected chi connectivity index (χ1v) is 7.41. The lowest BCUT2D eigenvalue weighted by atomic mass is 10.1. The Labute approximate surface area is 134 Å². The highest BCUT2D eigenvalue weighted by Gasteiger charge is 2.43. The molecule has 2 aliphatic rings. The third kappa shape index (κ3) is 2.05. The first kappa shape index (κ1) is 14.9. The van der Waals surface area contributed by atoms with Gasteiger partial charge in [-0.15, -0.1) is 0 Å². The van der Waals surface area contributed by atoms with E-state index in [0.717, 1.165) is 10.6 Å². The number of aromatic nitrogens is 1. The van der Waals surface area contributed by atoms with Gasteiger partial charge in [0.1, 0.15) is 5.82 Å². The molecule has 3 N–H and O–H groups in total. The predicted molar refractivity (Wildman–Crippen MR) is 83.9 cm³/mol. The first-order valence-electron chi connectivity index (χ1n) is 7.41. The van der Waals surface area contributed by atoms with E-state index in [1.54, 1.807) is 0 Å². The van der Waals surface area contributed by atoms with Crippen LogP contribution in [0.4, 0.5) is 24.5 Å². The molecule has 0 radical (unpaired) electrons. The van der Waals surface area contributed by atoms with Gasteiger partial charge in [-0.05, 0) is 24.5 Å². The highest BCUT2D eigenvalue weighted by molar-refractivity contribution is 5.97. The maximum absolute atomic E-state index is 14.3. The molecular weight excluding hydrogens is 323 g/mol. The van der Waals surface area contributed by atoms with Crippen LogP contribution in [-0.4, -0.2) is 17.1 Å². The van der Waals surface area contributed by atoms with Crippen molar-refractivity contribution in [1.82, 2.24) is 4.57 Å². The van der Waals surface area contributed by atoms with Crippen molar-refractivity contribution < 1.29 is 17.9 Å². The number of hydrogen-bond donors (Lipinski definition) is 2. The molecule has 1 aromatic carbocycles. The van der Waals surface area contributed by atoms with E-state index in [-0.39, 0.29) is 28.3 Å². The molecule has 24 heavy (non-hydrogen) atoms. The predicted octanol–water partition coefficient (Wildman–Crippen LogP) is 2.75. The monoisotopic (exact) mass is 337 g/mol. The largest absolute Gasteiger partial charge is 0.479 e. The van der Waals surface area contributed by atoms with Crippen LogP contribution in [0.3, 0.4) is 0 Å². The van der Waals surface area contributed by atoms with E-state index < -0.39 is 23.9 Å². The smallest absolute Gasteiger partial charge is 0.320 e. The molecule has 4 rings (SSSR count). The summed E-state index contributed by atoms with van der Waals surface area (Å²) in [6.07, 6.45) is 1.15. The molecule has 126 valence electrons. The third-order valence-electron chi connectivity index (χ3n) is 4.34. The van der Waals surface area contributed by atoms with Crippen molar-refractivity contribution in [3.63, 3.8) is 0 Å². The van der Waals surface area contributed by atoms with Gasteiger partial charge < -0.3 is 20.4 Å². The van der Waals surface area contributed by atoms with Gasteiger partial charge in [-0.2, -0.15) is 8.78 Å². The van der Waals surface area contributed by atoms with Crippen LogP contribution in [0.15, 0.2) is 28.2 Å². The summed E-state index contributed by atoms with van der Waals surface area (Å²) in [6.45, 7) is -0.927. The van der Waals surface area contributed by atoms with Crippen molar-refractivity contribution >= 4 is 22.3 Å². The van der Waals surface area contributed by atoms with Gasteiger partial charge in [-0.3, -0.25) is 4.79 Å². The van der Waals surface area contributed by atoms with Crippen LogP contribution in [0.25, 0.3) is 10.9 Å². The molecule has 2 aromatic rings. The van der Waals surface area contributed by atoms with Gasteiger partial charge in [0.15, 0.2) is 6.61 Å². The number of ether oxygens (including phenoxy) is 1. The van der Waals surface area contributed by atoms with Crippen LogP contribution >= 0.6 is 0 Å². The van der Waals surface area contributed by atoms with Gasteiger partial charge in [0.25, 0.3) is 5.56 Å². The Hall–Kier alpha value is -2.64. The summed E-state index contributed by atoms with van der Waals surface area (Å²) >= 11 is 0. The molecule has 0 amide bonds. The number of nitrogens with zero attached hydrogens (tertiary/aromatic N) is 1. The number of aryl methyl sites for hydroxylation is 1. The van der Waals surface area contributed by atoms with Crippen LogP contribution in [-0.2, 0) is 7.05 Å². The molecule has 1 fully saturated rings. The second-order valence-corrected chi connectivity index (χ2v) is 6.06. The van der Waals surface area contributed by atoms with E-state index in [1.165, 1.54) is 13.1 Å². The average Bonchev–Trinajstić information content (AvgIpc) is 3.34. The average molecular weight is 337 g/mol. The number of anilines is 2. The van der Waals surface area contributed by atoms with Crippen LogP contribution < -0.4 is 21.3 Å². The molecule has 1 aliphatic heterocycles. The number of allylic oxidation sites excluding steroid dienone is 1. The number of benzene rings is 1. The molecular formula is C16H14F3N3O2. The minimum Gasteiger partial charge on any atom is -0.479 e. The Bertz CT molecular complexity index is 973. The minimum absolute atomic E-state index is 0.103. The molecule has 0 spiro atoms. The molecule has 2 heterocycles. The molecule has 1 saturated carbocycles. The van der Waals surface area contributed by atoms with Crippen molar-refractivity contribution in [2.24, 2.45) is 7.05 Å². The van der Waals surface area contributed by atoms with Gasteiger partial charge >= 0.3 is 5.92 Å². The maximum Gasteiger partial charge on any atom is 0.320 e. The molecule has 5 nitrogen and oxygen atoms in total. The van der Waals surface area contributed by atoms with Crippen molar-refractivity contribution in [2.75, 3.05) is 17.7 Å². The standard InChI is InChI=1S/C16H14F3N3O2/c1-22-11-5-9(17)10(20)4-8(11)12-13(15(22)23)24-6-16(18,19)14(21-12)7-2-3-7/h4-5,21H,2-3,6,20H2,1H3. The highest BCUT2D eigenvalue weighted by Crippen LogP contribution is 2.44. The highest BCUT2D eigenvalue weighted by atomic mass is 19.3. The first-order chi connectivity index (χ1) is 11.3. The number of hydrogen-bond acceptors (Lipinski definition) is 4. The lowest BCUT2D eigenvalue weighted by molar-refractivity contribution is -0.00277. The molecule has 0 bridgehead atoms. The van der Waals surface area contributed by atoms with Gasteiger partial charge in [-0.25, -0.2) is 4.39 Å². The summed E-state index contributed by atoms with van der Waals surface area (Å²) < 4.78 is 48.7. The Balaban J connectivity index is 2.07. The van der Waals surface area contributed by atoms with Crippen molar-refractivity contribution in [3.8, 4) is 5.75 Å². The maximum atomic E-state index is 14.3. The van der Waals surface area contributed by atoms with E-state index in [9.17, 15) is 18.0 Å². The van der Waals surface area contributed by atoms with Crippen LogP contribution in [0, 0.1) is 5.82 Å². The van der Waals surface area contributed by atoms with E-state index in [0.29, 0.717) is 23.8 Å². The summed E-state index contributed by atoms with van der Waals surface area (Å²) in [5.74, 6) is -4.13. The summed E-state index contributed by atoms with van der Waals surface area (Å²) in [6, 6.07) is 2.43. The molecule has 8 heteroatoms. The lowest BCUT2D eigenvalue weighted by Crippen LogP contribution is -2.30. The summed E-state index contributed by atoms with van der Waals surface area (Å²) in [5, 5.41) is 3.03. The Morgan fingerprint density at radius 3 is 2.71 bits per heavy atom. The van der Waals surface area contributed by atoms with Crippen LogP contribution in [0.5, 0.6) is 5.75 Å². The molecule has 0 unspecified atom stereocenters. The van der Waals surface area contributed by atoms with E-state index in [4.69, 9.17) is 10.5 Å². The second kappa shape index (κ2) is 4.68. The SMILES string of the molecule is Cn1c(=O)c2c(c3cc(N)c(F)cc31)NC(=C1CC1)C(F)(F)CO2. The Kier molecular flexibility index (Phi) is 2.91. The van der Waals surface area contributed by atoms with E-state index in [2.05, 4.69) is 5.32 Å². The summed E-state index contributed by atoms with van der Waals surface area (Å²) in [4.78, 5) is 12.5. The number of fused-ring (bicyclic) bond motifs is 3. The van der Waals surface area contributed by atoms with E-state index in [1.807, 2.05) is 0 Å². The molecule has 0 atom stereocenters. The normalized spacial score (nSPS) is 18.7. The topological polar surface area (TPSA) is 69.3 Å². The fraction of sp³-hybridized carbons (Fsp3) is 0.312. The summed E-state index contributed by atoms with van der Waals surface area (Å²) in [7, 11) is 1.42. The summed E-state index contributed by atoms with van der Waals surface area (Å²) in [5.41, 5.74) is 5.57. The number of nitrogen functional groups attached to an aromatic ring is 1. The van der Waals surface area contributed by atoms with Crippen molar-refractivity contribution in [3.05, 3.63) is 39.6 Å². The minimum atomic E-state index is -3.23. The van der Waals surface area contributed by atoms with Gasteiger partial charge in [0.2, 0.25) is 5.75 Å². The number of nitrogens with one attached hydrogen (secondary N) is 1. The fourth-order valence-electron chi connectivity index (χ4n) is 2.92. The van der Waals surface area contributed by atoms with Gasteiger partial charge in [0.05, 0.1) is 22.6 Å². The number of rotatable bonds is 0. The number of pyridine rings is 1. The van der Waals surface area contributed by atoms with Gasteiger partial charge in [-0.1, -0.05) is 0 Å². The van der Waals surface area contributed by atoms with Crippen molar-refractivity contribution in [2.45, 2.75) is 18.8 Å². The number of alkyl halides is 2. The van der Waals surface area contributed by atoms with E-state index >= 15 is 0 Å². The molecule has 1 aliphatic carbocycles. The zero-order chi connectivity index (χ0) is 17.2. The van der Waals surface area contributed by atoms with Crippen molar-refractivity contribution in [1.29, 1.82) is 0 Å². The third-order valence-corrected chi connectivity index (χ3v) is 4.34. The van der Waals surface area contributed by atoms with Crippen LogP contribution in [0.2, 0.25) is 0 Å². The zero-order valence-corrected chi connectivity index (χ0v) is 12.8. The zero-order valence-electron chi connectivity index (χ0n) is 12.8. The number of halogens is 3.